The van der Waals surface area contributed by atoms with Crippen molar-refractivity contribution >= 4 is 28.6 Å². The van der Waals surface area contributed by atoms with Crippen molar-refractivity contribution in [3.8, 4) is 11.3 Å². The Morgan fingerprint density at radius 3 is 2.57 bits per heavy atom. The van der Waals surface area contributed by atoms with Gasteiger partial charge in [-0.1, -0.05) is 11.6 Å². The van der Waals surface area contributed by atoms with Gasteiger partial charge in [0.25, 0.3) is 5.91 Å². The Kier molecular flexibility index (Phi) is 4.79. The van der Waals surface area contributed by atoms with E-state index in [4.69, 9.17) is 20.4 Å². The van der Waals surface area contributed by atoms with Gasteiger partial charge in [-0.3, -0.25) is 4.79 Å². The number of aromatic nitrogens is 1. The summed E-state index contributed by atoms with van der Waals surface area (Å²) >= 11 is 6.02. The molecule has 0 spiro atoms. The van der Waals surface area contributed by atoms with Gasteiger partial charge in [-0.25, -0.2) is 9.37 Å². The molecule has 0 unspecified atom stereocenters. The lowest BCUT2D eigenvalue weighted by Gasteiger charge is -2.29. The molecule has 0 radical (unpaired) electrons. The number of rotatable bonds is 3. The van der Waals surface area contributed by atoms with Crippen LogP contribution in [-0.2, 0) is 0 Å². The number of piperidine rings is 1. The van der Waals surface area contributed by atoms with Crippen LogP contribution in [0.15, 0.2) is 63.4 Å². The zero-order chi connectivity index (χ0) is 20.7. The number of furan rings is 1. The van der Waals surface area contributed by atoms with E-state index in [-0.39, 0.29) is 23.4 Å². The molecule has 1 aliphatic heterocycles. The molecule has 1 aliphatic rings. The second-order valence-electron chi connectivity index (χ2n) is 7.40. The molecule has 152 valence electrons. The topological polar surface area (TPSA) is 59.5 Å². The second-order valence-corrected chi connectivity index (χ2v) is 7.84. The first-order chi connectivity index (χ1) is 14.6. The minimum Gasteiger partial charge on any atom is -0.451 e. The first-order valence-corrected chi connectivity index (χ1v) is 10.2. The number of carbonyl (C=O) groups is 1. The summed E-state index contributed by atoms with van der Waals surface area (Å²) in [5.74, 6) is 1.21. The van der Waals surface area contributed by atoms with Gasteiger partial charge in [0.05, 0.1) is 0 Å². The summed E-state index contributed by atoms with van der Waals surface area (Å²) in [7, 11) is 0. The van der Waals surface area contributed by atoms with Crippen LogP contribution in [0, 0.1) is 5.82 Å². The molecule has 1 saturated heterocycles. The summed E-state index contributed by atoms with van der Waals surface area (Å²) in [4.78, 5) is 19.2. The van der Waals surface area contributed by atoms with E-state index in [2.05, 4.69) is 4.98 Å². The summed E-state index contributed by atoms with van der Waals surface area (Å²) in [5.41, 5.74) is 2.20. The van der Waals surface area contributed by atoms with Crippen LogP contribution >= 0.6 is 11.6 Å². The molecule has 1 amide bonds. The standard InChI is InChI=1S/C23H18ClFN2O3/c24-16-3-6-20-18(13-16)26-22(30-20)15-9-11-27(12-10-15)23(28)21-8-7-19(29-21)14-1-4-17(25)5-2-14/h1-8,13,15H,9-12H2. The normalized spacial score (nSPS) is 15.1. The van der Waals surface area contributed by atoms with E-state index in [0.29, 0.717) is 29.8 Å². The van der Waals surface area contributed by atoms with Gasteiger partial charge in [0.15, 0.2) is 17.2 Å². The summed E-state index contributed by atoms with van der Waals surface area (Å²) in [6, 6.07) is 14.8. The van der Waals surface area contributed by atoms with Gasteiger partial charge in [0, 0.05) is 29.6 Å². The van der Waals surface area contributed by atoms with E-state index < -0.39 is 0 Å². The van der Waals surface area contributed by atoms with Crippen molar-refractivity contribution in [3.05, 3.63) is 77.1 Å². The van der Waals surface area contributed by atoms with Gasteiger partial charge in [-0.2, -0.15) is 0 Å². The third-order valence-electron chi connectivity index (χ3n) is 5.44. The molecule has 4 aromatic rings. The zero-order valence-electron chi connectivity index (χ0n) is 16.0. The molecule has 0 aliphatic carbocycles. The Morgan fingerprint density at radius 2 is 1.80 bits per heavy atom. The molecule has 3 heterocycles. The van der Waals surface area contributed by atoms with Crippen LogP contribution in [0.25, 0.3) is 22.4 Å². The van der Waals surface area contributed by atoms with Gasteiger partial charge >= 0.3 is 0 Å². The molecular weight excluding hydrogens is 407 g/mol. The Morgan fingerprint density at radius 1 is 1.03 bits per heavy atom. The van der Waals surface area contributed by atoms with E-state index in [1.54, 1.807) is 41.3 Å². The Balaban J connectivity index is 1.26. The summed E-state index contributed by atoms with van der Waals surface area (Å²) < 4.78 is 24.7. The van der Waals surface area contributed by atoms with Crippen LogP contribution in [0.5, 0.6) is 0 Å². The van der Waals surface area contributed by atoms with Crippen LogP contribution in [0.3, 0.4) is 0 Å². The lowest BCUT2D eigenvalue weighted by atomic mass is 9.96. The summed E-state index contributed by atoms with van der Waals surface area (Å²) in [6.45, 7) is 1.19. The second kappa shape index (κ2) is 7.61. The van der Waals surface area contributed by atoms with Crippen molar-refractivity contribution in [2.45, 2.75) is 18.8 Å². The van der Waals surface area contributed by atoms with Crippen molar-refractivity contribution in [2.75, 3.05) is 13.1 Å². The first kappa shape index (κ1) is 18.9. The smallest absolute Gasteiger partial charge is 0.289 e. The number of hydrogen-bond donors (Lipinski definition) is 0. The maximum absolute atomic E-state index is 13.1. The molecule has 5 nitrogen and oxygen atoms in total. The fourth-order valence-corrected chi connectivity index (χ4v) is 3.97. The van der Waals surface area contributed by atoms with Crippen LogP contribution in [0.1, 0.15) is 35.2 Å². The van der Waals surface area contributed by atoms with Crippen molar-refractivity contribution in [3.63, 3.8) is 0 Å². The quantitative estimate of drug-likeness (QED) is 0.411. The van der Waals surface area contributed by atoms with E-state index in [9.17, 15) is 9.18 Å². The number of halogens is 2. The fourth-order valence-electron chi connectivity index (χ4n) is 3.80. The number of fused-ring (bicyclic) bond motifs is 1. The maximum atomic E-state index is 13.1. The van der Waals surface area contributed by atoms with Gasteiger partial charge in [0.1, 0.15) is 17.1 Å². The van der Waals surface area contributed by atoms with E-state index in [1.165, 1.54) is 12.1 Å². The molecule has 30 heavy (non-hydrogen) atoms. The average Bonchev–Trinajstić information content (AvgIpc) is 3.41. The molecule has 0 atom stereocenters. The highest BCUT2D eigenvalue weighted by molar-refractivity contribution is 6.31. The number of hydrogen-bond acceptors (Lipinski definition) is 4. The Hall–Kier alpha value is -3.12. The SMILES string of the molecule is O=C(c1ccc(-c2ccc(F)cc2)o1)N1CCC(c2nc3cc(Cl)ccc3o2)CC1. The molecule has 0 bridgehead atoms. The fraction of sp³-hybridized carbons (Fsp3) is 0.217. The summed E-state index contributed by atoms with van der Waals surface area (Å²) in [6.07, 6.45) is 1.52. The third kappa shape index (κ3) is 3.59. The molecule has 5 rings (SSSR count). The number of amides is 1. The molecule has 0 saturated carbocycles. The predicted octanol–water partition coefficient (Wildman–Crippen LogP) is 5.90. The van der Waals surface area contributed by atoms with Crippen molar-refractivity contribution in [1.29, 1.82) is 0 Å². The Bertz CT molecular complexity index is 1210. The number of nitrogens with zero attached hydrogens (tertiary/aromatic N) is 2. The molecule has 1 fully saturated rings. The summed E-state index contributed by atoms with van der Waals surface area (Å²) in [5, 5.41) is 0.626. The molecular formula is C23H18ClFN2O3. The number of carbonyl (C=O) groups excluding carboxylic acids is 1. The van der Waals surface area contributed by atoms with Crippen LogP contribution in [0.4, 0.5) is 4.39 Å². The van der Waals surface area contributed by atoms with Crippen molar-refractivity contribution in [1.82, 2.24) is 9.88 Å². The molecule has 0 N–H and O–H groups in total. The van der Waals surface area contributed by atoms with Gasteiger partial charge < -0.3 is 13.7 Å². The lowest BCUT2D eigenvalue weighted by molar-refractivity contribution is 0.0675. The first-order valence-electron chi connectivity index (χ1n) is 9.78. The van der Waals surface area contributed by atoms with E-state index in [1.807, 2.05) is 6.07 Å². The minimum atomic E-state index is -0.313. The van der Waals surface area contributed by atoms with Crippen LogP contribution < -0.4 is 0 Å². The number of likely N-dealkylation sites (tertiary alicyclic amines) is 1. The molecule has 7 heteroatoms. The van der Waals surface area contributed by atoms with Crippen LogP contribution in [0.2, 0.25) is 5.02 Å². The third-order valence-corrected chi connectivity index (χ3v) is 5.68. The van der Waals surface area contributed by atoms with E-state index >= 15 is 0 Å². The predicted molar refractivity (Wildman–Crippen MR) is 111 cm³/mol. The highest BCUT2D eigenvalue weighted by Crippen LogP contribution is 2.32. The van der Waals surface area contributed by atoms with Crippen LogP contribution in [-0.4, -0.2) is 28.9 Å². The van der Waals surface area contributed by atoms with Crippen molar-refractivity contribution < 1.29 is 18.0 Å². The number of oxazole rings is 1. The monoisotopic (exact) mass is 424 g/mol. The van der Waals surface area contributed by atoms with Crippen molar-refractivity contribution in [2.24, 2.45) is 0 Å². The van der Waals surface area contributed by atoms with E-state index in [0.717, 1.165) is 29.5 Å². The largest absolute Gasteiger partial charge is 0.451 e. The molecule has 2 aromatic carbocycles. The Labute approximate surface area is 177 Å². The maximum Gasteiger partial charge on any atom is 0.289 e. The highest BCUT2D eigenvalue weighted by Gasteiger charge is 2.29. The van der Waals surface area contributed by atoms with Gasteiger partial charge in [-0.05, 0) is 67.4 Å². The van der Waals surface area contributed by atoms with Gasteiger partial charge in [-0.15, -0.1) is 0 Å². The van der Waals surface area contributed by atoms with Gasteiger partial charge in [0.2, 0.25) is 0 Å². The molecule has 2 aromatic heterocycles. The average molecular weight is 425 g/mol. The minimum absolute atomic E-state index is 0.147. The lowest BCUT2D eigenvalue weighted by Crippen LogP contribution is -2.37. The number of benzene rings is 2. The zero-order valence-corrected chi connectivity index (χ0v) is 16.7. The highest BCUT2D eigenvalue weighted by atomic mass is 35.5.